The zero-order valence-corrected chi connectivity index (χ0v) is 12.9. The Morgan fingerprint density at radius 1 is 1.14 bits per heavy atom. The van der Waals surface area contributed by atoms with E-state index in [-0.39, 0.29) is 18.4 Å². The van der Waals surface area contributed by atoms with E-state index in [4.69, 9.17) is 11.6 Å². The van der Waals surface area contributed by atoms with Crippen LogP contribution in [0.5, 0.6) is 0 Å². The van der Waals surface area contributed by atoms with Crippen molar-refractivity contribution in [3.63, 3.8) is 0 Å². The molecule has 1 aliphatic rings. The summed E-state index contributed by atoms with van der Waals surface area (Å²) in [7, 11) is 0. The number of amides is 2. The Balaban J connectivity index is 1.73. The van der Waals surface area contributed by atoms with Crippen LogP contribution in [0.2, 0.25) is 5.02 Å². The first-order valence-electron chi connectivity index (χ1n) is 7.05. The highest BCUT2D eigenvalue weighted by Crippen LogP contribution is 2.14. The standard InChI is InChI=1S/C15H20ClN3O2/c1-12(20)18-6-8-19(9-7-18)15(21)11-17-10-13-4-2-3-5-14(13)16/h2-5,17H,6-11H2,1H3. The molecule has 6 heteroatoms. The molecule has 1 aromatic carbocycles. The summed E-state index contributed by atoms with van der Waals surface area (Å²) in [4.78, 5) is 26.9. The predicted molar refractivity (Wildman–Crippen MR) is 82.0 cm³/mol. The molecule has 0 bridgehead atoms. The Bertz CT molecular complexity index is 513. The van der Waals surface area contributed by atoms with Crippen molar-refractivity contribution >= 4 is 23.4 Å². The lowest BCUT2D eigenvalue weighted by atomic mass is 10.2. The van der Waals surface area contributed by atoms with Gasteiger partial charge in [-0.05, 0) is 11.6 Å². The number of piperazine rings is 1. The fourth-order valence-electron chi connectivity index (χ4n) is 2.33. The molecule has 1 heterocycles. The number of hydrogen-bond donors (Lipinski definition) is 1. The molecule has 1 aromatic rings. The third-order valence-corrected chi connectivity index (χ3v) is 4.00. The van der Waals surface area contributed by atoms with Crippen LogP contribution in [0.4, 0.5) is 0 Å². The van der Waals surface area contributed by atoms with Gasteiger partial charge in [0.25, 0.3) is 0 Å². The van der Waals surface area contributed by atoms with Crippen molar-refractivity contribution < 1.29 is 9.59 Å². The summed E-state index contributed by atoms with van der Waals surface area (Å²) in [5, 5.41) is 3.82. The monoisotopic (exact) mass is 309 g/mol. The van der Waals surface area contributed by atoms with Gasteiger partial charge in [-0.15, -0.1) is 0 Å². The first kappa shape index (κ1) is 15.8. The van der Waals surface area contributed by atoms with Crippen LogP contribution < -0.4 is 5.32 Å². The predicted octanol–water partition coefficient (Wildman–Crippen LogP) is 1.12. The summed E-state index contributed by atoms with van der Waals surface area (Å²) < 4.78 is 0. The van der Waals surface area contributed by atoms with Crippen molar-refractivity contribution in [3.05, 3.63) is 34.9 Å². The maximum atomic E-state index is 12.1. The summed E-state index contributed by atoms with van der Waals surface area (Å²) in [5.74, 6) is 0.129. The Morgan fingerprint density at radius 2 is 1.76 bits per heavy atom. The average molecular weight is 310 g/mol. The molecule has 0 unspecified atom stereocenters. The molecule has 5 nitrogen and oxygen atoms in total. The van der Waals surface area contributed by atoms with Crippen LogP contribution in [-0.2, 0) is 16.1 Å². The fraction of sp³-hybridized carbons (Fsp3) is 0.467. The van der Waals surface area contributed by atoms with Gasteiger partial charge in [0.15, 0.2) is 0 Å². The first-order chi connectivity index (χ1) is 10.1. The van der Waals surface area contributed by atoms with E-state index in [0.717, 1.165) is 5.56 Å². The lowest BCUT2D eigenvalue weighted by Gasteiger charge is -2.34. The number of nitrogens with zero attached hydrogens (tertiary/aromatic N) is 2. The van der Waals surface area contributed by atoms with E-state index in [0.29, 0.717) is 37.7 Å². The molecule has 0 spiro atoms. The fourth-order valence-corrected chi connectivity index (χ4v) is 2.53. The summed E-state index contributed by atoms with van der Waals surface area (Å²) in [6, 6.07) is 7.57. The van der Waals surface area contributed by atoms with Crippen LogP contribution in [0.1, 0.15) is 12.5 Å². The van der Waals surface area contributed by atoms with Crippen molar-refractivity contribution in [2.24, 2.45) is 0 Å². The quantitative estimate of drug-likeness (QED) is 0.907. The van der Waals surface area contributed by atoms with E-state index >= 15 is 0 Å². The highest BCUT2D eigenvalue weighted by molar-refractivity contribution is 6.31. The van der Waals surface area contributed by atoms with Crippen LogP contribution in [0.25, 0.3) is 0 Å². The van der Waals surface area contributed by atoms with Crippen molar-refractivity contribution in [1.82, 2.24) is 15.1 Å². The van der Waals surface area contributed by atoms with Gasteiger partial charge in [0.1, 0.15) is 0 Å². The van der Waals surface area contributed by atoms with E-state index in [1.807, 2.05) is 24.3 Å². The van der Waals surface area contributed by atoms with Gasteiger partial charge in [-0.3, -0.25) is 9.59 Å². The Hall–Kier alpha value is -1.59. The lowest BCUT2D eigenvalue weighted by molar-refractivity contribution is -0.137. The largest absolute Gasteiger partial charge is 0.339 e. The van der Waals surface area contributed by atoms with E-state index in [2.05, 4.69) is 5.32 Å². The van der Waals surface area contributed by atoms with Crippen LogP contribution in [0, 0.1) is 0 Å². The maximum Gasteiger partial charge on any atom is 0.236 e. The second-order valence-corrected chi connectivity index (χ2v) is 5.49. The van der Waals surface area contributed by atoms with Gasteiger partial charge in [0.2, 0.25) is 11.8 Å². The van der Waals surface area contributed by atoms with Crippen LogP contribution in [0.3, 0.4) is 0 Å². The molecule has 0 saturated carbocycles. The number of halogens is 1. The van der Waals surface area contributed by atoms with Gasteiger partial charge in [-0.1, -0.05) is 29.8 Å². The molecule has 21 heavy (non-hydrogen) atoms. The van der Waals surface area contributed by atoms with Crippen molar-refractivity contribution in [2.75, 3.05) is 32.7 Å². The number of benzene rings is 1. The molecular weight excluding hydrogens is 290 g/mol. The molecule has 1 N–H and O–H groups in total. The third kappa shape index (κ3) is 4.44. The van der Waals surface area contributed by atoms with Gasteiger partial charge >= 0.3 is 0 Å². The van der Waals surface area contributed by atoms with Gasteiger partial charge in [-0.2, -0.15) is 0 Å². The SMILES string of the molecule is CC(=O)N1CCN(C(=O)CNCc2ccccc2Cl)CC1. The Morgan fingerprint density at radius 3 is 2.38 bits per heavy atom. The molecule has 2 rings (SSSR count). The molecule has 2 amide bonds. The number of rotatable bonds is 4. The second-order valence-electron chi connectivity index (χ2n) is 5.08. The maximum absolute atomic E-state index is 12.1. The molecule has 0 aromatic heterocycles. The molecule has 0 atom stereocenters. The minimum Gasteiger partial charge on any atom is -0.339 e. The zero-order chi connectivity index (χ0) is 15.2. The molecule has 0 radical (unpaired) electrons. The smallest absolute Gasteiger partial charge is 0.236 e. The van der Waals surface area contributed by atoms with E-state index in [9.17, 15) is 9.59 Å². The molecule has 1 fully saturated rings. The molecule has 1 saturated heterocycles. The number of hydrogen-bond acceptors (Lipinski definition) is 3. The minimum absolute atomic E-state index is 0.0604. The summed E-state index contributed by atoms with van der Waals surface area (Å²) in [5.41, 5.74) is 0.980. The Labute approximate surface area is 129 Å². The normalized spacial score (nSPS) is 15.1. The highest BCUT2D eigenvalue weighted by atomic mass is 35.5. The van der Waals surface area contributed by atoms with E-state index in [1.165, 1.54) is 0 Å². The molecule has 114 valence electrons. The minimum atomic E-state index is 0.0604. The third-order valence-electron chi connectivity index (χ3n) is 3.63. The van der Waals surface area contributed by atoms with Crippen LogP contribution in [0.15, 0.2) is 24.3 Å². The van der Waals surface area contributed by atoms with Crippen LogP contribution in [-0.4, -0.2) is 54.3 Å². The summed E-state index contributed by atoms with van der Waals surface area (Å²) >= 11 is 6.06. The second kappa shape index (κ2) is 7.43. The molecular formula is C15H20ClN3O2. The van der Waals surface area contributed by atoms with E-state index in [1.54, 1.807) is 16.7 Å². The topological polar surface area (TPSA) is 52.7 Å². The number of nitrogens with one attached hydrogen (secondary N) is 1. The molecule has 0 aliphatic carbocycles. The average Bonchev–Trinajstić information content (AvgIpc) is 2.49. The van der Waals surface area contributed by atoms with Crippen molar-refractivity contribution in [1.29, 1.82) is 0 Å². The highest BCUT2D eigenvalue weighted by Gasteiger charge is 2.21. The summed E-state index contributed by atoms with van der Waals surface area (Å²) in [6.45, 7) is 4.85. The molecule has 1 aliphatic heterocycles. The van der Waals surface area contributed by atoms with Gasteiger partial charge in [0.05, 0.1) is 6.54 Å². The first-order valence-corrected chi connectivity index (χ1v) is 7.43. The van der Waals surface area contributed by atoms with Gasteiger partial charge in [-0.25, -0.2) is 0 Å². The summed E-state index contributed by atoms with van der Waals surface area (Å²) in [6.07, 6.45) is 0. The van der Waals surface area contributed by atoms with Crippen LogP contribution >= 0.6 is 11.6 Å². The lowest BCUT2D eigenvalue weighted by Crippen LogP contribution is -2.51. The van der Waals surface area contributed by atoms with Gasteiger partial charge < -0.3 is 15.1 Å². The number of carbonyl (C=O) groups excluding carboxylic acids is 2. The Kier molecular flexibility index (Phi) is 5.59. The number of carbonyl (C=O) groups is 2. The van der Waals surface area contributed by atoms with E-state index < -0.39 is 0 Å². The van der Waals surface area contributed by atoms with Crippen molar-refractivity contribution in [2.45, 2.75) is 13.5 Å². The van der Waals surface area contributed by atoms with Crippen molar-refractivity contribution in [3.8, 4) is 0 Å². The van der Waals surface area contributed by atoms with Gasteiger partial charge in [0, 0.05) is 44.7 Å². The zero-order valence-electron chi connectivity index (χ0n) is 12.1.